The van der Waals surface area contributed by atoms with Gasteiger partial charge in [-0.05, 0) is 6.08 Å². The minimum atomic E-state index is -3.31. The molecule has 0 fully saturated rings. The Bertz CT molecular complexity index is 234. The molecule has 1 N–H and O–H groups in total. The summed E-state index contributed by atoms with van der Waals surface area (Å²) in [7, 11) is 0. The van der Waals surface area contributed by atoms with E-state index in [1.807, 2.05) is 5.32 Å². The van der Waals surface area contributed by atoms with Crippen molar-refractivity contribution in [3.8, 4) is 0 Å². The highest BCUT2D eigenvalue weighted by Crippen LogP contribution is 2.20. The molecule has 0 aromatic rings. The molecule has 1 aliphatic rings. The Morgan fingerprint density at radius 1 is 1.21 bits per heavy atom. The van der Waals surface area contributed by atoms with E-state index in [9.17, 15) is 17.6 Å². The maximum atomic E-state index is 11.8. The van der Waals surface area contributed by atoms with Crippen LogP contribution in [0.2, 0.25) is 0 Å². The minimum absolute atomic E-state index is 1.04. The van der Waals surface area contributed by atoms with Crippen LogP contribution in [0.5, 0.6) is 0 Å². The monoisotopic (exact) mass is 213 g/mol. The number of nitrogens with one attached hydrogen (secondary N) is 1. The second-order valence-electron chi connectivity index (χ2n) is 2.06. The fourth-order valence-corrected chi connectivity index (χ4v) is 0.729. The summed E-state index contributed by atoms with van der Waals surface area (Å²) in [6, 6.07) is -2.60. The molecule has 0 amide bonds. The van der Waals surface area contributed by atoms with Crippen LogP contribution in [0.25, 0.3) is 0 Å². The highest BCUT2D eigenvalue weighted by Gasteiger charge is 2.38. The summed E-state index contributed by atoms with van der Waals surface area (Å²) >= 11 is 0. The summed E-state index contributed by atoms with van der Waals surface area (Å²) in [5, 5.41) is 1.98. The van der Waals surface area contributed by atoms with Gasteiger partial charge in [0.1, 0.15) is 0 Å². The largest absolute Gasteiger partial charge is 0.367 e. The Morgan fingerprint density at radius 2 is 1.79 bits per heavy atom. The fourth-order valence-electron chi connectivity index (χ4n) is 0.729. The van der Waals surface area contributed by atoms with E-state index >= 15 is 0 Å². The van der Waals surface area contributed by atoms with Gasteiger partial charge in [-0.25, -0.2) is 4.99 Å². The Kier molecular flexibility index (Phi) is 3.42. The van der Waals surface area contributed by atoms with Crippen LogP contribution < -0.4 is 5.32 Å². The van der Waals surface area contributed by atoms with Crippen LogP contribution >= 0.6 is 0 Å². The first-order valence-electron chi connectivity index (χ1n) is 3.36. The molecule has 0 aliphatic carbocycles. The average Bonchev–Trinajstić information content (AvgIpc) is 2.01. The van der Waals surface area contributed by atoms with E-state index in [0.717, 1.165) is 6.20 Å². The highest BCUT2D eigenvalue weighted by atomic mass is 19.3. The van der Waals surface area contributed by atoms with Crippen LogP contribution in [0.3, 0.4) is 0 Å². The van der Waals surface area contributed by atoms with Crippen molar-refractivity contribution in [1.29, 1.82) is 0 Å². The summed E-state index contributed by atoms with van der Waals surface area (Å²) in [6.45, 7) is -6.61. The molecule has 0 bridgehead atoms. The molecule has 0 spiro atoms. The Balaban J connectivity index is 2.69. The van der Waals surface area contributed by atoms with Gasteiger partial charge in [0.2, 0.25) is 0 Å². The van der Waals surface area contributed by atoms with Crippen molar-refractivity contribution >= 4 is 6.21 Å². The summed E-state index contributed by atoms with van der Waals surface area (Å²) in [5.41, 5.74) is 0. The van der Waals surface area contributed by atoms with Crippen molar-refractivity contribution in [3.63, 3.8) is 0 Å². The number of halogens is 4. The van der Waals surface area contributed by atoms with Crippen LogP contribution in [0.15, 0.2) is 17.3 Å². The normalized spacial score (nSPS) is 19.0. The molecule has 0 unspecified atom stereocenters. The zero-order chi connectivity index (χ0) is 10.6. The summed E-state index contributed by atoms with van der Waals surface area (Å²) in [4.78, 5) is 3.09. The molecule has 0 saturated heterocycles. The number of nitrogens with zero attached hydrogens (tertiary/aromatic N) is 1. The van der Waals surface area contributed by atoms with Crippen molar-refractivity contribution in [1.82, 2.24) is 5.32 Å². The van der Waals surface area contributed by atoms with Gasteiger partial charge in [-0.3, -0.25) is 9.47 Å². The molecule has 1 aliphatic heterocycles. The summed E-state index contributed by atoms with van der Waals surface area (Å²) in [5.74, 6) is 0. The Hall–Kier alpha value is -1.15. The minimum Gasteiger partial charge on any atom is -0.320 e. The van der Waals surface area contributed by atoms with Gasteiger partial charge in [-0.2, -0.15) is 17.6 Å². The Labute approximate surface area is 76.2 Å². The zero-order valence-electron chi connectivity index (χ0n) is 6.58. The first-order valence-corrected chi connectivity index (χ1v) is 3.36. The highest BCUT2D eigenvalue weighted by molar-refractivity contribution is 5.71. The van der Waals surface area contributed by atoms with Gasteiger partial charge >= 0.3 is 19.3 Å². The van der Waals surface area contributed by atoms with Gasteiger partial charge in [0, 0.05) is 6.20 Å². The molecule has 1 heterocycles. The molecular weight excluding hydrogens is 208 g/mol. The smallest absolute Gasteiger partial charge is 0.320 e. The van der Waals surface area contributed by atoms with Gasteiger partial charge < -0.3 is 5.32 Å². The lowest BCUT2D eigenvalue weighted by molar-refractivity contribution is -0.364. The summed E-state index contributed by atoms with van der Waals surface area (Å²) < 4.78 is 54.8. The lowest BCUT2D eigenvalue weighted by atomic mass is 10.5. The van der Waals surface area contributed by atoms with Gasteiger partial charge in [0.05, 0.1) is 6.21 Å². The fraction of sp³-hybridized carbons (Fsp3) is 0.500. The maximum Gasteiger partial charge on any atom is 0.367 e. The average molecular weight is 213 g/mol. The molecule has 0 atom stereocenters. The van der Waals surface area contributed by atoms with Gasteiger partial charge in [0.15, 0.2) is 0 Å². The predicted octanol–water partition coefficient (Wildman–Crippen LogP) is 1.14. The number of hydrogen-bond acceptors (Lipinski definition) is 4. The summed E-state index contributed by atoms with van der Waals surface area (Å²) in [6.07, 6.45) is 4.27. The van der Waals surface area contributed by atoms with Crippen LogP contribution in [0, 0.1) is 0 Å². The molecule has 4 nitrogen and oxygen atoms in total. The molecule has 1 radical (unpaired) electrons. The second kappa shape index (κ2) is 4.38. The number of aliphatic imine (C=N–C) groups is 1. The third-order valence-corrected chi connectivity index (χ3v) is 1.13. The van der Waals surface area contributed by atoms with Crippen LogP contribution in [0.4, 0.5) is 17.6 Å². The number of rotatable bonds is 4. The van der Waals surface area contributed by atoms with Crippen molar-refractivity contribution in [2.45, 2.75) is 19.3 Å². The molecule has 79 valence electrons. The van der Waals surface area contributed by atoms with E-state index in [0.29, 0.717) is 0 Å². The molecule has 14 heavy (non-hydrogen) atoms. The quantitative estimate of drug-likeness (QED) is 0.562. The number of ether oxygens (including phenoxy) is 2. The van der Waals surface area contributed by atoms with Gasteiger partial charge in [0.25, 0.3) is 0 Å². The Morgan fingerprint density at radius 3 is 2.14 bits per heavy atom. The van der Waals surface area contributed by atoms with Gasteiger partial charge in [-0.15, -0.1) is 0 Å². The SMILES string of the molecule is FC(F)OC1(OC(F)F)N=[C]C=CN1. The van der Waals surface area contributed by atoms with Crippen molar-refractivity contribution in [2.75, 3.05) is 0 Å². The van der Waals surface area contributed by atoms with Gasteiger partial charge in [-0.1, -0.05) is 0 Å². The van der Waals surface area contributed by atoms with Crippen LogP contribution in [-0.2, 0) is 9.47 Å². The molecule has 0 aromatic heterocycles. The number of allylic oxidation sites excluding steroid dienone is 1. The first kappa shape index (κ1) is 10.9. The first-order chi connectivity index (χ1) is 6.54. The van der Waals surface area contributed by atoms with Crippen molar-refractivity contribution < 1.29 is 27.0 Å². The third-order valence-electron chi connectivity index (χ3n) is 1.13. The van der Waals surface area contributed by atoms with Crippen molar-refractivity contribution in [2.24, 2.45) is 4.99 Å². The number of hydrogen-bond donors (Lipinski definition) is 1. The lowest BCUT2D eigenvalue weighted by Gasteiger charge is -2.29. The van der Waals surface area contributed by atoms with E-state index < -0.39 is 19.3 Å². The predicted molar refractivity (Wildman–Crippen MR) is 36.6 cm³/mol. The molecule has 0 aromatic carbocycles. The van der Waals surface area contributed by atoms with Crippen LogP contribution in [-0.4, -0.2) is 25.5 Å². The van der Waals surface area contributed by atoms with E-state index in [2.05, 4.69) is 20.7 Å². The molecular formula is C6H5F4N2O2. The van der Waals surface area contributed by atoms with Crippen LogP contribution in [0.1, 0.15) is 0 Å². The van der Waals surface area contributed by atoms with Crippen molar-refractivity contribution in [3.05, 3.63) is 12.3 Å². The van der Waals surface area contributed by atoms with E-state index in [-0.39, 0.29) is 0 Å². The maximum absolute atomic E-state index is 11.8. The molecule has 1 rings (SSSR count). The van der Waals surface area contributed by atoms with E-state index in [1.165, 1.54) is 6.08 Å². The third kappa shape index (κ3) is 2.96. The molecule has 0 saturated carbocycles. The molecule has 8 heteroatoms. The van der Waals surface area contributed by atoms with E-state index in [1.54, 1.807) is 0 Å². The zero-order valence-corrected chi connectivity index (χ0v) is 6.58. The van der Waals surface area contributed by atoms with E-state index in [4.69, 9.17) is 0 Å². The second-order valence-corrected chi connectivity index (χ2v) is 2.06. The number of alkyl halides is 4. The standard InChI is InChI=1S/C6H5F4N2O2/c7-4(8)13-6(14-5(9)10)11-2-1-3-12-6/h1-2,4-5,11H. The topological polar surface area (TPSA) is 42.9 Å². The lowest BCUT2D eigenvalue weighted by Crippen LogP contribution is -2.49.